The topological polar surface area (TPSA) is 55.6 Å². The summed E-state index contributed by atoms with van der Waals surface area (Å²) in [5.74, 6) is -0.162. The van der Waals surface area contributed by atoms with Gasteiger partial charge in [-0.2, -0.15) is 13.9 Å². The summed E-state index contributed by atoms with van der Waals surface area (Å²) in [6, 6.07) is 17.6. The van der Waals surface area contributed by atoms with Crippen molar-refractivity contribution in [3.63, 3.8) is 0 Å². The highest BCUT2D eigenvalue weighted by Crippen LogP contribution is 2.16. The van der Waals surface area contributed by atoms with Crippen molar-refractivity contribution in [3.05, 3.63) is 84.2 Å². The summed E-state index contributed by atoms with van der Waals surface area (Å²) >= 11 is 0. The van der Waals surface area contributed by atoms with Gasteiger partial charge in [-0.15, -0.1) is 0 Å². The quantitative estimate of drug-likeness (QED) is 0.438. The molecule has 5 nitrogen and oxygen atoms in total. The molecule has 7 heteroatoms. The number of hydrogen-bond donors (Lipinski definition) is 1. The highest BCUT2D eigenvalue weighted by Gasteiger charge is 2.11. The molecule has 150 valence electrons. The Morgan fingerprint density at radius 3 is 2.45 bits per heavy atom. The average molecular weight is 397 g/mol. The van der Waals surface area contributed by atoms with Crippen LogP contribution in [0.1, 0.15) is 29.3 Å². The lowest BCUT2D eigenvalue weighted by Gasteiger charge is -2.09. The van der Waals surface area contributed by atoms with Crippen molar-refractivity contribution in [2.45, 2.75) is 26.4 Å². The fourth-order valence-corrected chi connectivity index (χ4v) is 2.81. The van der Waals surface area contributed by atoms with Crippen LogP contribution in [0.3, 0.4) is 0 Å². The summed E-state index contributed by atoms with van der Waals surface area (Å²) in [6.45, 7) is -1.01. The minimum atomic E-state index is -2.83. The Labute approximate surface area is 167 Å². The number of amides is 1. The third-order valence-corrected chi connectivity index (χ3v) is 4.30. The fraction of sp³-hybridized carbons (Fsp3) is 0.182. The first-order chi connectivity index (χ1) is 14.0. The van der Waals surface area contributed by atoms with Crippen LogP contribution in [-0.2, 0) is 6.42 Å². The molecule has 0 atom stereocenters. The van der Waals surface area contributed by atoms with E-state index < -0.39 is 6.61 Å². The Bertz CT molecular complexity index is 968. The maximum Gasteiger partial charge on any atom is 0.387 e. The van der Waals surface area contributed by atoms with Gasteiger partial charge in [0.15, 0.2) is 0 Å². The van der Waals surface area contributed by atoms with Crippen molar-refractivity contribution in [3.8, 4) is 11.4 Å². The highest BCUT2D eigenvalue weighted by atomic mass is 19.3. The summed E-state index contributed by atoms with van der Waals surface area (Å²) < 4.78 is 30.6. The molecule has 0 radical (unpaired) electrons. The monoisotopic (exact) mass is 397 g/mol. The number of nitrogens with one attached hydrogen (secondary N) is 1. The molecule has 1 amide bonds. The molecule has 1 N–H and O–H groups in total. The second-order valence-electron chi connectivity index (χ2n) is 6.42. The minimum Gasteiger partial charge on any atom is -0.435 e. The van der Waals surface area contributed by atoms with Crippen LogP contribution >= 0.6 is 0 Å². The molecule has 0 unspecified atom stereocenters. The van der Waals surface area contributed by atoms with Gasteiger partial charge in [0.2, 0.25) is 0 Å². The molecule has 0 aliphatic carbocycles. The zero-order valence-corrected chi connectivity index (χ0v) is 15.9. The van der Waals surface area contributed by atoms with Gasteiger partial charge in [-0.3, -0.25) is 4.79 Å². The molecule has 0 bridgehead atoms. The lowest BCUT2D eigenvalue weighted by Crippen LogP contribution is -2.21. The average Bonchev–Trinajstić information content (AvgIpc) is 3.26. The summed E-state index contributed by atoms with van der Waals surface area (Å²) in [5.41, 5.74) is 5.61. The summed E-state index contributed by atoms with van der Waals surface area (Å²) in [4.78, 5) is 12.6. The van der Waals surface area contributed by atoms with E-state index in [0.717, 1.165) is 17.0 Å². The predicted octanol–water partition coefficient (Wildman–Crippen LogP) is 4.82. The second-order valence-corrected chi connectivity index (χ2v) is 6.42. The van der Waals surface area contributed by atoms with E-state index in [4.69, 9.17) is 0 Å². The number of carbonyl (C=O) groups excluding carboxylic acids is 1. The van der Waals surface area contributed by atoms with Gasteiger partial charge < -0.3 is 9.30 Å². The summed E-state index contributed by atoms with van der Waals surface area (Å²) in [7, 11) is 0. The largest absolute Gasteiger partial charge is 0.435 e. The van der Waals surface area contributed by atoms with Crippen LogP contribution < -0.4 is 10.2 Å². The molecule has 1 heterocycles. The van der Waals surface area contributed by atoms with Crippen molar-refractivity contribution in [2.75, 3.05) is 0 Å². The van der Waals surface area contributed by atoms with Gasteiger partial charge in [0.1, 0.15) is 5.75 Å². The number of para-hydroxylation sites is 1. The number of ether oxygens (including phenoxy) is 1. The van der Waals surface area contributed by atoms with Crippen LogP contribution in [-0.4, -0.2) is 22.8 Å². The van der Waals surface area contributed by atoms with Gasteiger partial charge in [0.05, 0.1) is 11.3 Å². The number of rotatable bonds is 8. The molecule has 29 heavy (non-hydrogen) atoms. The predicted molar refractivity (Wildman–Crippen MR) is 108 cm³/mol. The van der Waals surface area contributed by atoms with Crippen LogP contribution in [0, 0.1) is 0 Å². The first kappa shape index (κ1) is 20.3. The second kappa shape index (κ2) is 9.64. The number of nitrogens with zero attached hydrogens (tertiary/aromatic N) is 2. The van der Waals surface area contributed by atoms with Crippen LogP contribution in [0.25, 0.3) is 5.69 Å². The van der Waals surface area contributed by atoms with Gasteiger partial charge in [0, 0.05) is 18.1 Å². The van der Waals surface area contributed by atoms with E-state index in [1.54, 1.807) is 24.3 Å². The van der Waals surface area contributed by atoms with Crippen molar-refractivity contribution < 1.29 is 18.3 Å². The molecule has 0 aliphatic heterocycles. The Morgan fingerprint density at radius 2 is 1.76 bits per heavy atom. The van der Waals surface area contributed by atoms with E-state index in [9.17, 15) is 13.6 Å². The van der Waals surface area contributed by atoms with Gasteiger partial charge in [-0.05, 0) is 61.7 Å². The van der Waals surface area contributed by atoms with Gasteiger partial charge in [-0.25, -0.2) is 5.43 Å². The van der Waals surface area contributed by atoms with E-state index in [2.05, 4.69) is 15.3 Å². The number of aromatic nitrogens is 1. The Balaban J connectivity index is 1.57. The number of aryl methyl sites for hydroxylation is 1. The van der Waals surface area contributed by atoms with E-state index in [1.807, 2.05) is 48.1 Å². The summed E-state index contributed by atoms with van der Waals surface area (Å²) in [6.07, 6.45) is 5.03. The molecule has 2 aromatic carbocycles. The Kier molecular flexibility index (Phi) is 6.73. The van der Waals surface area contributed by atoms with E-state index in [-0.39, 0.29) is 11.7 Å². The zero-order chi connectivity index (χ0) is 20.6. The number of carbonyl (C=O) groups is 1. The SMILES string of the molecule is C/C(CCc1ccc(OC(F)F)cc1)=N/NC(=O)c1ccccc1-n1cccc1. The van der Waals surface area contributed by atoms with Crippen LogP contribution in [0.2, 0.25) is 0 Å². The third-order valence-electron chi connectivity index (χ3n) is 4.30. The van der Waals surface area contributed by atoms with E-state index >= 15 is 0 Å². The molecular formula is C22H21F2N3O2. The first-order valence-electron chi connectivity index (χ1n) is 9.12. The normalized spacial score (nSPS) is 11.5. The molecule has 1 aromatic heterocycles. The van der Waals surface area contributed by atoms with E-state index in [0.29, 0.717) is 18.4 Å². The lowest BCUT2D eigenvalue weighted by molar-refractivity contribution is -0.0498. The molecular weight excluding hydrogens is 376 g/mol. The molecule has 0 aliphatic rings. The zero-order valence-electron chi connectivity index (χ0n) is 15.9. The Morgan fingerprint density at radius 1 is 1.07 bits per heavy atom. The molecule has 3 rings (SSSR count). The van der Waals surface area contributed by atoms with Gasteiger partial charge >= 0.3 is 6.61 Å². The van der Waals surface area contributed by atoms with Crippen molar-refractivity contribution in [1.29, 1.82) is 0 Å². The van der Waals surface area contributed by atoms with Crippen LogP contribution in [0.15, 0.2) is 78.2 Å². The number of alkyl halides is 2. The fourth-order valence-electron chi connectivity index (χ4n) is 2.81. The molecule has 0 spiro atoms. The summed E-state index contributed by atoms with van der Waals surface area (Å²) in [5, 5.41) is 4.18. The van der Waals surface area contributed by atoms with Crippen molar-refractivity contribution in [2.24, 2.45) is 5.10 Å². The maximum atomic E-state index is 12.6. The van der Waals surface area contributed by atoms with Crippen molar-refractivity contribution in [1.82, 2.24) is 9.99 Å². The molecule has 3 aromatic rings. The number of halogens is 2. The minimum absolute atomic E-state index is 0.128. The van der Waals surface area contributed by atoms with Gasteiger partial charge in [0.25, 0.3) is 5.91 Å². The molecule has 0 saturated heterocycles. The van der Waals surface area contributed by atoms with Crippen molar-refractivity contribution >= 4 is 11.6 Å². The molecule has 0 saturated carbocycles. The van der Waals surface area contributed by atoms with Crippen LogP contribution in [0.4, 0.5) is 8.78 Å². The van der Waals surface area contributed by atoms with Gasteiger partial charge in [-0.1, -0.05) is 24.3 Å². The number of hydrazone groups is 1. The third kappa shape index (κ3) is 5.75. The standard InChI is InChI=1S/C22H21F2N3O2/c1-16(8-9-17-10-12-18(13-11-17)29-22(23)24)25-26-21(28)19-6-2-3-7-20(19)27-14-4-5-15-27/h2-7,10-15,22H,8-9H2,1H3,(H,26,28)/b25-16-. The van der Waals surface area contributed by atoms with Crippen LogP contribution in [0.5, 0.6) is 5.75 Å². The first-order valence-corrected chi connectivity index (χ1v) is 9.12. The number of benzene rings is 2. The molecule has 0 fully saturated rings. The maximum absolute atomic E-state index is 12.6. The lowest BCUT2D eigenvalue weighted by atomic mass is 10.1. The number of hydrogen-bond acceptors (Lipinski definition) is 3. The van der Waals surface area contributed by atoms with E-state index in [1.165, 1.54) is 12.1 Å². The highest BCUT2D eigenvalue weighted by molar-refractivity contribution is 5.98. The smallest absolute Gasteiger partial charge is 0.387 e. The Hall–Kier alpha value is -3.48.